The van der Waals surface area contributed by atoms with Gasteiger partial charge in [0.25, 0.3) is 0 Å². The summed E-state index contributed by atoms with van der Waals surface area (Å²) in [7, 11) is 0. The number of ether oxygens (including phenoxy) is 1. The van der Waals surface area contributed by atoms with E-state index in [4.69, 9.17) is 9.84 Å². The number of hydrogen-bond acceptors (Lipinski definition) is 2. The van der Waals surface area contributed by atoms with Crippen molar-refractivity contribution in [1.82, 2.24) is 0 Å². The summed E-state index contributed by atoms with van der Waals surface area (Å²) in [5.41, 5.74) is -0.404. The van der Waals surface area contributed by atoms with Crippen molar-refractivity contribution in [3.8, 4) is 23.3 Å². The van der Waals surface area contributed by atoms with Crippen molar-refractivity contribution in [3.05, 3.63) is 94.3 Å². The van der Waals surface area contributed by atoms with E-state index in [1.165, 1.54) is 24.3 Å². The molecule has 0 unspecified atom stereocenters. The normalized spacial score (nSPS) is 11.5. The topological polar surface area (TPSA) is 46.5 Å². The first-order valence-electron chi connectivity index (χ1n) is 9.90. The average Bonchev–Trinajstić information content (AvgIpc) is 2.72. The van der Waals surface area contributed by atoms with Gasteiger partial charge in [-0.3, -0.25) is 0 Å². The molecule has 7 heteroatoms. The van der Waals surface area contributed by atoms with Gasteiger partial charge in [-0.15, -0.1) is 0 Å². The second kappa shape index (κ2) is 8.99. The molecule has 0 aliphatic carbocycles. The third kappa shape index (κ3) is 5.72. The first-order chi connectivity index (χ1) is 15.4. The van der Waals surface area contributed by atoms with Crippen LogP contribution in [0, 0.1) is 17.7 Å². The van der Waals surface area contributed by atoms with Gasteiger partial charge in [0.1, 0.15) is 11.5 Å². The number of carboxylic acid groups (broad SMARTS) is 1. The van der Waals surface area contributed by atoms with Gasteiger partial charge >= 0.3 is 12.1 Å². The summed E-state index contributed by atoms with van der Waals surface area (Å²) < 4.78 is 58.7. The molecule has 33 heavy (non-hydrogen) atoms. The van der Waals surface area contributed by atoms with E-state index in [2.05, 4.69) is 11.8 Å². The van der Waals surface area contributed by atoms with Gasteiger partial charge in [-0.05, 0) is 53.9 Å². The molecular weight excluding hydrogens is 436 g/mol. The minimum absolute atomic E-state index is 0.0694. The highest BCUT2D eigenvalue weighted by Gasteiger charge is 2.30. The van der Waals surface area contributed by atoms with Crippen LogP contribution in [0.3, 0.4) is 0 Å². The van der Waals surface area contributed by atoms with Crippen molar-refractivity contribution in [2.24, 2.45) is 0 Å². The number of carboxylic acids is 1. The molecule has 0 radical (unpaired) electrons. The fourth-order valence-corrected chi connectivity index (χ4v) is 3.08. The van der Waals surface area contributed by atoms with E-state index in [1.54, 1.807) is 18.2 Å². The summed E-state index contributed by atoms with van der Waals surface area (Å²) in [4.78, 5) is 11.1. The molecule has 3 aromatic carbocycles. The van der Waals surface area contributed by atoms with Crippen LogP contribution in [-0.2, 0) is 11.6 Å². The van der Waals surface area contributed by atoms with Crippen molar-refractivity contribution < 1.29 is 32.2 Å². The van der Waals surface area contributed by atoms with Crippen molar-refractivity contribution in [3.63, 3.8) is 0 Å². The predicted molar refractivity (Wildman–Crippen MR) is 116 cm³/mol. The van der Waals surface area contributed by atoms with Gasteiger partial charge in [0.05, 0.1) is 16.7 Å². The van der Waals surface area contributed by atoms with Crippen LogP contribution in [0.25, 0.3) is 0 Å². The molecule has 0 fully saturated rings. The summed E-state index contributed by atoms with van der Waals surface area (Å²) in [5, 5.41) is 9.05. The van der Waals surface area contributed by atoms with E-state index in [0.29, 0.717) is 11.3 Å². The number of carbonyl (C=O) groups is 1. The Kier molecular flexibility index (Phi) is 6.50. The summed E-state index contributed by atoms with van der Waals surface area (Å²) in [6.07, 6.45) is -4.45. The minimum atomic E-state index is -4.45. The van der Waals surface area contributed by atoms with Crippen LogP contribution >= 0.6 is 0 Å². The maximum Gasteiger partial charge on any atom is 0.416 e. The Morgan fingerprint density at radius 1 is 0.939 bits per heavy atom. The van der Waals surface area contributed by atoms with Gasteiger partial charge in [0, 0.05) is 11.1 Å². The van der Waals surface area contributed by atoms with E-state index in [-0.39, 0.29) is 16.7 Å². The number of hydrogen-bond donors (Lipinski definition) is 1. The Morgan fingerprint density at radius 2 is 1.61 bits per heavy atom. The van der Waals surface area contributed by atoms with Crippen molar-refractivity contribution in [2.75, 3.05) is 0 Å². The fraction of sp³-hybridized carbons (Fsp3) is 0.192. The molecule has 0 spiro atoms. The average molecular weight is 456 g/mol. The Balaban J connectivity index is 1.98. The molecule has 0 aliphatic rings. The lowest BCUT2D eigenvalue weighted by Gasteiger charge is -2.23. The van der Waals surface area contributed by atoms with Gasteiger partial charge in [0.2, 0.25) is 0 Å². The van der Waals surface area contributed by atoms with Gasteiger partial charge in [-0.2, -0.15) is 13.2 Å². The molecule has 3 nitrogen and oxygen atoms in total. The minimum Gasteiger partial charge on any atom is -0.478 e. The van der Waals surface area contributed by atoms with Crippen molar-refractivity contribution in [1.29, 1.82) is 0 Å². The second-order valence-corrected chi connectivity index (χ2v) is 8.31. The number of rotatable bonds is 3. The molecule has 3 rings (SSSR count). The quantitative estimate of drug-likeness (QED) is 0.340. The van der Waals surface area contributed by atoms with Gasteiger partial charge < -0.3 is 9.84 Å². The summed E-state index contributed by atoms with van der Waals surface area (Å²) in [6.45, 7) is 5.88. The molecule has 0 atom stereocenters. The molecular formula is C26H20F4O3. The SMILES string of the molecule is CC(C)(C)c1ccc(C#Cc2cccc(C(=O)O)c2F)cc1Oc1ccc(C(F)(F)F)cc1. The van der Waals surface area contributed by atoms with Crippen LogP contribution in [0.2, 0.25) is 0 Å². The number of aromatic carboxylic acids is 1. The molecule has 0 amide bonds. The second-order valence-electron chi connectivity index (χ2n) is 8.31. The largest absolute Gasteiger partial charge is 0.478 e. The molecule has 0 heterocycles. The lowest BCUT2D eigenvalue weighted by molar-refractivity contribution is -0.137. The van der Waals surface area contributed by atoms with Gasteiger partial charge in [-0.1, -0.05) is 44.7 Å². The zero-order valence-electron chi connectivity index (χ0n) is 18.0. The molecule has 0 bridgehead atoms. The summed E-state index contributed by atoms with van der Waals surface area (Å²) in [6, 6.07) is 13.4. The highest BCUT2D eigenvalue weighted by atomic mass is 19.4. The van der Waals surface area contributed by atoms with E-state index in [1.807, 2.05) is 20.8 Å². The lowest BCUT2D eigenvalue weighted by Crippen LogP contribution is -2.12. The van der Waals surface area contributed by atoms with E-state index >= 15 is 0 Å². The third-order valence-electron chi connectivity index (χ3n) is 4.77. The molecule has 3 aromatic rings. The smallest absolute Gasteiger partial charge is 0.416 e. The Labute approximate surface area is 188 Å². The maximum absolute atomic E-state index is 14.3. The van der Waals surface area contributed by atoms with E-state index < -0.39 is 29.1 Å². The molecule has 0 aliphatic heterocycles. The summed E-state index contributed by atoms with van der Waals surface area (Å²) >= 11 is 0. The first-order valence-corrected chi connectivity index (χ1v) is 9.90. The number of benzene rings is 3. The van der Waals surface area contributed by atoms with Crippen molar-refractivity contribution in [2.45, 2.75) is 32.4 Å². The van der Waals surface area contributed by atoms with Gasteiger partial charge in [-0.25, -0.2) is 9.18 Å². The van der Waals surface area contributed by atoms with Crippen LogP contribution in [0.1, 0.15) is 53.4 Å². The standard InChI is InChI=1S/C26H20F4O3/c1-25(2,3)21-14-8-16(7-9-17-5-4-6-20(23(17)27)24(31)32)15-22(21)33-19-12-10-18(11-13-19)26(28,29)30/h4-6,8,10-15H,1-3H3,(H,31,32). The van der Waals surface area contributed by atoms with E-state index in [9.17, 15) is 22.4 Å². The maximum atomic E-state index is 14.3. The summed E-state index contributed by atoms with van der Waals surface area (Å²) in [5.74, 6) is 3.72. The number of halogens is 4. The van der Waals surface area contributed by atoms with E-state index in [0.717, 1.165) is 23.8 Å². The molecule has 0 saturated heterocycles. The first kappa shape index (κ1) is 23.9. The van der Waals surface area contributed by atoms with Gasteiger partial charge in [0.15, 0.2) is 5.82 Å². The van der Waals surface area contributed by atoms with Crippen LogP contribution < -0.4 is 4.74 Å². The van der Waals surface area contributed by atoms with Crippen molar-refractivity contribution >= 4 is 5.97 Å². The molecule has 1 N–H and O–H groups in total. The van der Waals surface area contributed by atoms with Crippen LogP contribution in [0.15, 0.2) is 60.7 Å². The Hall–Kier alpha value is -3.79. The molecule has 170 valence electrons. The molecule has 0 aromatic heterocycles. The molecule has 0 saturated carbocycles. The highest BCUT2D eigenvalue weighted by Crippen LogP contribution is 2.36. The predicted octanol–water partition coefficient (Wildman–Crippen LogP) is 7.03. The zero-order valence-corrected chi connectivity index (χ0v) is 18.0. The Bertz CT molecular complexity index is 1240. The highest BCUT2D eigenvalue weighted by molar-refractivity contribution is 5.88. The Morgan fingerprint density at radius 3 is 2.18 bits per heavy atom. The lowest BCUT2D eigenvalue weighted by atomic mass is 9.86. The fourth-order valence-electron chi connectivity index (χ4n) is 3.08. The third-order valence-corrected chi connectivity index (χ3v) is 4.77. The monoisotopic (exact) mass is 456 g/mol. The zero-order chi connectivity index (χ0) is 24.4. The van der Waals surface area contributed by atoms with Crippen LogP contribution in [0.4, 0.5) is 17.6 Å². The number of alkyl halides is 3. The van der Waals surface area contributed by atoms with Crippen LogP contribution in [-0.4, -0.2) is 11.1 Å². The van der Waals surface area contributed by atoms with Crippen LogP contribution in [0.5, 0.6) is 11.5 Å².